The van der Waals surface area contributed by atoms with Gasteiger partial charge in [0.1, 0.15) is 0 Å². The van der Waals surface area contributed by atoms with Crippen molar-refractivity contribution < 1.29 is 0 Å². The van der Waals surface area contributed by atoms with E-state index in [1.807, 2.05) is 6.20 Å². The number of aromatic nitrogens is 1. The van der Waals surface area contributed by atoms with Crippen LogP contribution in [0.3, 0.4) is 0 Å². The summed E-state index contributed by atoms with van der Waals surface area (Å²) in [5, 5.41) is 8.50. The molecule has 3 heteroatoms. The Bertz CT molecular complexity index is 526. The van der Waals surface area contributed by atoms with Crippen molar-refractivity contribution in [3.05, 3.63) is 30.5 Å². The molecular weight excluding hydrogens is 234 g/mol. The normalized spacial score (nSPS) is 21.4. The number of benzene rings is 1. The van der Waals surface area contributed by atoms with Crippen LogP contribution in [0.2, 0.25) is 0 Å². The van der Waals surface area contributed by atoms with Crippen LogP contribution in [0.1, 0.15) is 32.6 Å². The van der Waals surface area contributed by atoms with Crippen molar-refractivity contribution in [1.29, 1.82) is 0 Å². The van der Waals surface area contributed by atoms with Crippen LogP contribution in [0.15, 0.2) is 30.5 Å². The van der Waals surface area contributed by atoms with E-state index >= 15 is 0 Å². The first-order valence-electron chi connectivity index (χ1n) is 7.38. The fraction of sp³-hybridized carbons (Fsp3) is 0.500. The molecule has 0 radical (unpaired) electrons. The van der Waals surface area contributed by atoms with Crippen molar-refractivity contribution in [2.45, 2.75) is 44.7 Å². The van der Waals surface area contributed by atoms with E-state index in [0.717, 1.165) is 0 Å². The van der Waals surface area contributed by atoms with Crippen molar-refractivity contribution in [3.8, 4) is 0 Å². The summed E-state index contributed by atoms with van der Waals surface area (Å²) in [4.78, 5) is 3.23. The third kappa shape index (κ3) is 3.10. The first kappa shape index (κ1) is 12.5. The zero-order valence-corrected chi connectivity index (χ0v) is 11.6. The zero-order valence-electron chi connectivity index (χ0n) is 11.6. The van der Waals surface area contributed by atoms with Crippen LogP contribution in [0, 0.1) is 0 Å². The van der Waals surface area contributed by atoms with Crippen LogP contribution in [-0.4, -0.2) is 23.6 Å². The van der Waals surface area contributed by atoms with Gasteiger partial charge < -0.3 is 15.6 Å². The highest BCUT2D eigenvalue weighted by molar-refractivity contribution is 5.82. The lowest BCUT2D eigenvalue weighted by Gasteiger charge is -2.27. The first-order chi connectivity index (χ1) is 9.31. The summed E-state index contributed by atoms with van der Waals surface area (Å²) in [7, 11) is 0. The fourth-order valence-electron chi connectivity index (χ4n) is 3.04. The lowest BCUT2D eigenvalue weighted by molar-refractivity contribution is 0.371. The van der Waals surface area contributed by atoms with Crippen LogP contribution >= 0.6 is 0 Å². The lowest BCUT2D eigenvalue weighted by atomic mass is 9.98. The van der Waals surface area contributed by atoms with Gasteiger partial charge in [0, 0.05) is 34.9 Å². The highest BCUT2D eigenvalue weighted by atomic mass is 15.0. The van der Waals surface area contributed by atoms with E-state index in [1.165, 1.54) is 48.8 Å². The smallest absolute Gasteiger partial charge is 0.0455 e. The molecule has 0 saturated carbocycles. The quantitative estimate of drug-likeness (QED) is 0.784. The molecule has 2 aromatic rings. The first-order valence-corrected chi connectivity index (χ1v) is 7.38. The molecule has 1 aliphatic heterocycles. The predicted octanol–water partition coefficient (Wildman–Crippen LogP) is 3.50. The molecule has 0 aliphatic carbocycles. The molecule has 3 nitrogen and oxygen atoms in total. The highest BCUT2D eigenvalue weighted by Crippen LogP contribution is 2.20. The number of anilines is 1. The summed E-state index contributed by atoms with van der Waals surface area (Å²) in [6, 6.07) is 9.83. The summed E-state index contributed by atoms with van der Waals surface area (Å²) >= 11 is 0. The third-order valence-electron chi connectivity index (χ3n) is 4.02. The summed E-state index contributed by atoms with van der Waals surface area (Å²) in [6.45, 7) is 3.46. The molecule has 1 aromatic heterocycles. The van der Waals surface area contributed by atoms with Crippen molar-refractivity contribution >= 4 is 16.6 Å². The van der Waals surface area contributed by atoms with Gasteiger partial charge in [0.25, 0.3) is 0 Å². The average Bonchev–Trinajstić information content (AvgIpc) is 2.87. The van der Waals surface area contributed by atoms with E-state index < -0.39 is 0 Å². The second kappa shape index (κ2) is 5.66. The fourth-order valence-corrected chi connectivity index (χ4v) is 3.04. The Morgan fingerprint density at radius 3 is 3.11 bits per heavy atom. The number of rotatable bonds is 4. The van der Waals surface area contributed by atoms with Gasteiger partial charge in [-0.25, -0.2) is 0 Å². The number of H-pyrrole nitrogens is 1. The summed E-state index contributed by atoms with van der Waals surface area (Å²) in [5.74, 6) is 0. The van der Waals surface area contributed by atoms with Gasteiger partial charge >= 0.3 is 0 Å². The largest absolute Gasteiger partial charge is 0.383 e. The zero-order chi connectivity index (χ0) is 13.1. The molecule has 1 saturated heterocycles. The Morgan fingerprint density at radius 1 is 1.32 bits per heavy atom. The maximum Gasteiger partial charge on any atom is 0.0455 e. The molecule has 2 heterocycles. The van der Waals surface area contributed by atoms with Gasteiger partial charge in [0.15, 0.2) is 0 Å². The van der Waals surface area contributed by atoms with Gasteiger partial charge in [-0.3, -0.25) is 0 Å². The van der Waals surface area contributed by atoms with Crippen molar-refractivity contribution in [3.63, 3.8) is 0 Å². The molecule has 1 aliphatic rings. The van der Waals surface area contributed by atoms with Gasteiger partial charge in [-0.2, -0.15) is 0 Å². The lowest BCUT2D eigenvalue weighted by Crippen LogP contribution is -2.37. The number of hydrogen-bond donors (Lipinski definition) is 3. The molecule has 102 valence electrons. The summed E-state index contributed by atoms with van der Waals surface area (Å²) in [5.41, 5.74) is 2.42. The van der Waals surface area contributed by atoms with Crippen LogP contribution < -0.4 is 10.6 Å². The number of piperidine rings is 1. The van der Waals surface area contributed by atoms with Crippen LogP contribution in [0.4, 0.5) is 5.69 Å². The molecule has 2 unspecified atom stereocenters. The minimum absolute atomic E-state index is 0.506. The van der Waals surface area contributed by atoms with E-state index in [4.69, 9.17) is 0 Å². The van der Waals surface area contributed by atoms with Gasteiger partial charge in [-0.15, -0.1) is 0 Å². The molecular formula is C16H23N3. The SMILES string of the molecule is CC(CC1CCCCN1)Nc1ccc2[nH]ccc2c1. The molecule has 3 rings (SSSR count). The van der Waals surface area contributed by atoms with Crippen molar-refractivity contribution in [2.24, 2.45) is 0 Å². The molecule has 0 spiro atoms. The standard InChI is InChI=1S/C16H23N3/c1-12(10-14-4-2-3-8-17-14)19-15-5-6-16-13(11-15)7-9-18-16/h5-7,9,11-12,14,17-19H,2-4,8,10H2,1H3. The Balaban J connectivity index is 1.59. The van der Waals surface area contributed by atoms with Gasteiger partial charge in [0.05, 0.1) is 0 Å². The topological polar surface area (TPSA) is 39.8 Å². The molecule has 19 heavy (non-hydrogen) atoms. The van der Waals surface area contributed by atoms with Gasteiger partial charge in [-0.1, -0.05) is 6.42 Å². The Hall–Kier alpha value is -1.48. The highest BCUT2D eigenvalue weighted by Gasteiger charge is 2.15. The molecule has 0 bridgehead atoms. The number of hydrogen-bond acceptors (Lipinski definition) is 2. The molecule has 2 atom stereocenters. The maximum absolute atomic E-state index is 3.62. The van der Waals surface area contributed by atoms with Crippen molar-refractivity contribution in [1.82, 2.24) is 10.3 Å². The second-order valence-corrected chi connectivity index (χ2v) is 5.71. The molecule has 1 aromatic carbocycles. The minimum Gasteiger partial charge on any atom is -0.383 e. The van der Waals surface area contributed by atoms with Crippen LogP contribution in [-0.2, 0) is 0 Å². The third-order valence-corrected chi connectivity index (χ3v) is 4.02. The number of aromatic amines is 1. The van der Waals surface area contributed by atoms with Crippen molar-refractivity contribution in [2.75, 3.05) is 11.9 Å². The van der Waals surface area contributed by atoms with Gasteiger partial charge in [0.2, 0.25) is 0 Å². The second-order valence-electron chi connectivity index (χ2n) is 5.71. The van der Waals surface area contributed by atoms with Crippen LogP contribution in [0.5, 0.6) is 0 Å². The Kier molecular flexibility index (Phi) is 3.74. The Morgan fingerprint density at radius 2 is 2.26 bits per heavy atom. The summed E-state index contributed by atoms with van der Waals surface area (Å²) in [6.07, 6.45) is 7.22. The molecule has 1 fully saturated rings. The van der Waals surface area contributed by atoms with E-state index in [1.54, 1.807) is 0 Å². The number of fused-ring (bicyclic) bond motifs is 1. The van der Waals surface area contributed by atoms with Crippen LogP contribution in [0.25, 0.3) is 10.9 Å². The maximum atomic E-state index is 3.62. The van der Waals surface area contributed by atoms with E-state index in [2.05, 4.69) is 46.8 Å². The minimum atomic E-state index is 0.506. The Labute approximate surface area is 114 Å². The average molecular weight is 257 g/mol. The number of nitrogens with one attached hydrogen (secondary N) is 3. The van der Waals surface area contributed by atoms with Gasteiger partial charge in [-0.05, 0) is 57.0 Å². The summed E-state index contributed by atoms with van der Waals surface area (Å²) < 4.78 is 0. The molecule has 3 N–H and O–H groups in total. The van der Waals surface area contributed by atoms with E-state index in [0.29, 0.717) is 12.1 Å². The van der Waals surface area contributed by atoms with E-state index in [-0.39, 0.29) is 0 Å². The molecule has 0 amide bonds. The monoisotopic (exact) mass is 257 g/mol. The van der Waals surface area contributed by atoms with E-state index in [9.17, 15) is 0 Å². The predicted molar refractivity (Wildman–Crippen MR) is 81.6 cm³/mol.